The van der Waals surface area contributed by atoms with Gasteiger partial charge in [-0.05, 0) is 43.0 Å². The highest BCUT2D eigenvalue weighted by molar-refractivity contribution is 6.23. The van der Waals surface area contributed by atoms with Crippen LogP contribution in [-0.4, -0.2) is 41.6 Å². The Morgan fingerprint density at radius 1 is 1.11 bits per heavy atom. The second kappa shape index (κ2) is 10.6. The summed E-state index contributed by atoms with van der Waals surface area (Å²) >= 11 is 0. The van der Waals surface area contributed by atoms with E-state index in [-0.39, 0.29) is 11.7 Å². The SMILES string of the molecule is C=N/C(N)=C1/N=CN(c2ccc(CNC(=O)c3cc(Cc4ccccc4)n(CC)n3)cc2)/C1=N/C. The Labute approximate surface area is 204 Å². The minimum atomic E-state index is -0.204. The van der Waals surface area contributed by atoms with Gasteiger partial charge < -0.3 is 11.1 Å². The Bertz CT molecular complexity index is 1300. The largest absolute Gasteiger partial charge is 0.382 e. The highest BCUT2D eigenvalue weighted by Gasteiger charge is 2.23. The number of amidine groups is 1. The second-order valence-electron chi connectivity index (χ2n) is 7.90. The van der Waals surface area contributed by atoms with E-state index in [0.29, 0.717) is 30.3 Å². The number of aryl methyl sites for hydroxylation is 1. The lowest BCUT2D eigenvalue weighted by Crippen LogP contribution is -2.26. The Balaban J connectivity index is 1.40. The van der Waals surface area contributed by atoms with Crippen molar-refractivity contribution in [1.29, 1.82) is 0 Å². The van der Waals surface area contributed by atoms with Gasteiger partial charge in [0.25, 0.3) is 5.91 Å². The second-order valence-corrected chi connectivity index (χ2v) is 7.90. The summed E-state index contributed by atoms with van der Waals surface area (Å²) in [5, 5.41) is 7.45. The summed E-state index contributed by atoms with van der Waals surface area (Å²) in [5.74, 6) is 0.611. The van der Waals surface area contributed by atoms with Gasteiger partial charge in [0.1, 0.15) is 17.7 Å². The van der Waals surface area contributed by atoms with Crippen LogP contribution in [0.4, 0.5) is 5.69 Å². The zero-order valence-corrected chi connectivity index (χ0v) is 19.8. The predicted octanol–water partition coefficient (Wildman–Crippen LogP) is 3.13. The molecule has 3 aromatic rings. The number of hydrogen-bond donors (Lipinski definition) is 2. The summed E-state index contributed by atoms with van der Waals surface area (Å²) < 4.78 is 1.87. The first kappa shape index (κ1) is 23.6. The third kappa shape index (κ3) is 5.19. The van der Waals surface area contributed by atoms with Crippen LogP contribution in [0.1, 0.15) is 34.2 Å². The van der Waals surface area contributed by atoms with Gasteiger partial charge in [0, 0.05) is 37.9 Å². The monoisotopic (exact) mass is 468 g/mol. The maximum atomic E-state index is 12.8. The minimum absolute atomic E-state index is 0.204. The molecule has 0 spiro atoms. The number of aromatic nitrogens is 2. The van der Waals surface area contributed by atoms with Crippen LogP contribution in [0.3, 0.4) is 0 Å². The molecule has 0 unspecified atom stereocenters. The number of carbonyl (C=O) groups is 1. The molecule has 0 aliphatic carbocycles. The normalized spacial score (nSPS) is 15.5. The van der Waals surface area contributed by atoms with Crippen LogP contribution in [0.25, 0.3) is 0 Å². The smallest absolute Gasteiger partial charge is 0.272 e. The number of benzene rings is 2. The van der Waals surface area contributed by atoms with Crippen molar-refractivity contribution in [3.05, 3.63) is 94.7 Å². The van der Waals surface area contributed by atoms with Gasteiger partial charge in [-0.1, -0.05) is 42.5 Å². The summed E-state index contributed by atoms with van der Waals surface area (Å²) in [6.07, 6.45) is 2.37. The van der Waals surface area contributed by atoms with Crippen molar-refractivity contribution in [3.8, 4) is 0 Å². The van der Waals surface area contributed by atoms with Crippen LogP contribution in [0.15, 0.2) is 87.2 Å². The third-order valence-corrected chi connectivity index (χ3v) is 5.66. The molecular formula is C26H28N8O. The molecule has 2 heterocycles. The van der Waals surface area contributed by atoms with E-state index in [1.807, 2.05) is 65.0 Å². The molecule has 0 fully saturated rings. The van der Waals surface area contributed by atoms with Crippen molar-refractivity contribution in [1.82, 2.24) is 15.1 Å². The molecule has 1 aromatic heterocycles. The van der Waals surface area contributed by atoms with Crippen molar-refractivity contribution in [2.24, 2.45) is 20.7 Å². The van der Waals surface area contributed by atoms with Gasteiger partial charge in [-0.25, -0.2) is 9.98 Å². The van der Waals surface area contributed by atoms with Crippen LogP contribution in [0.2, 0.25) is 0 Å². The van der Waals surface area contributed by atoms with E-state index in [0.717, 1.165) is 23.4 Å². The van der Waals surface area contributed by atoms with Crippen molar-refractivity contribution in [3.63, 3.8) is 0 Å². The van der Waals surface area contributed by atoms with Gasteiger partial charge in [0.15, 0.2) is 11.7 Å². The first-order valence-corrected chi connectivity index (χ1v) is 11.3. The van der Waals surface area contributed by atoms with Crippen molar-refractivity contribution in [2.75, 3.05) is 11.9 Å². The van der Waals surface area contributed by atoms with Crippen LogP contribution in [0, 0.1) is 0 Å². The van der Waals surface area contributed by atoms with E-state index in [2.05, 4.69) is 44.2 Å². The van der Waals surface area contributed by atoms with E-state index < -0.39 is 0 Å². The maximum Gasteiger partial charge on any atom is 0.272 e. The molecule has 4 rings (SSSR count). The number of amides is 1. The summed E-state index contributed by atoms with van der Waals surface area (Å²) in [5.41, 5.74) is 10.8. The van der Waals surface area contributed by atoms with Gasteiger partial charge in [-0.3, -0.25) is 19.4 Å². The number of nitrogens with two attached hydrogens (primary N) is 1. The Kier molecular flexibility index (Phi) is 7.15. The zero-order chi connectivity index (χ0) is 24.8. The summed E-state index contributed by atoms with van der Waals surface area (Å²) in [4.78, 5) is 26.9. The topological polar surface area (TPSA) is 113 Å². The molecule has 9 nitrogen and oxygen atoms in total. The molecule has 9 heteroatoms. The molecule has 35 heavy (non-hydrogen) atoms. The Hall–Kier alpha value is -4.53. The number of aliphatic imine (C=N–C) groups is 3. The molecule has 0 bridgehead atoms. The Morgan fingerprint density at radius 2 is 1.86 bits per heavy atom. The van der Waals surface area contributed by atoms with Crippen molar-refractivity contribution in [2.45, 2.75) is 26.4 Å². The predicted molar refractivity (Wildman–Crippen MR) is 140 cm³/mol. The number of carbonyl (C=O) groups excluding carboxylic acids is 1. The minimum Gasteiger partial charge on any atom is -0.382 e. The average molecular weight is 469 g/mol. The highest BCUT2D eigenvalue weighted by atomic mass is 16.1. The lowest BCUT2D eigenvalue weighted by Gasteiger charge is -2.16. The van der Waals surface area contributed by atoms with Gasteiger partial charge >= 0.3 is 0 Å². The zero-order valence-electron chi connectivity index (χ0n) is 19.8. The van der Waals surface area contributed by atoms with Gasteiger partial charge in [0.2, 0.25) is 0 Å². The maximum absolute atomic E-state index is 12.8. The fourth-order valence-electron chi connectivity index (χ4n) is 3.83. The first-order valence-electron chi connectivity index (χ1n) is 11.3. The van der Waals surface area contributed by atoms with Crippen LogP contribution in [0.5, 0.6) is 0 Å². The number of nitrogens with zero attached hydrogens (tertiary/aromatic N) is 6. The number of rotatable bonds is 8. The average Bonchev–Trinajstić information content (AvgIpc) is 3.52. The number of nitrogens with one attached hydrogen (secondary N) is 1. The quantitative estimate of drug-likeness (QED) is 0.495. The summed E-state index contributed by atoms with van der Waals surface area (Å²) in [6, 6.07) is 19.8. The molecule has 2 aromatic carbocycles. The van der Waals surface area contributed by atoms with E-state index in [1.165, 1.54) is 5.56 Å². The fraction of sp³-hybridized carbons (Fsp3) is 0.192. The van der Waals surface area contributed by atoms with Gasteiger partial charge in [-0.2, -0.15) is 5.10 Å². The van der Waals surface area contributed by atoms with Gasteiger partial charge in [0.05, 0.1) is 0 Å². The highest BCUT2D eigenvalue weighted by Crippen LogP contribution is 2.23. The van der Waals surface area contributed by atoms with Gasteiger partial charge in [-0.15, -0.1) is 0 Å². The van der Waals surface area contributed by atoms with Crippen molar-refractivity contribution < 1.29 is 4.79 Å². The standard InChI is InChI=1S/C26H28N8O/c1-4-34-21(14-18-8-6-5-7-9-18)15-22(32-34)26(35)30-16-19-10-12-20(13-11-19)33-17-31-23(24(27)28-2)25(33)29-3/h5-13,15,17H,2,4,14,16,27H2,1,3H3,(H,30,35)/b24-23+,29-25+. The summed E-state index contributed by atoms with van der Waals surface area (Å²) in [6.45, 7) is 6.55. The fourth-order valence-corrected chi connectivity index (χ4v) is 3.83. The number of anilines is 1. The molecule has 0 saturated heterocycles. The molecule has 1 aliphatic rings. The molecule has 1 amide bonds. The number of hydrogen-bond acceptors (Lipinski definition) is 6. The van der Waals surface area contributed by atoms with E-state index in [9.17, 15) is 4.79 Å². The lowest BCUT2D eigenvalue weighted by molar-refractivity contribution is 0.0945. The molecule has 0 saturated carbocycles. The summed E-state index contributed by atoms with van der Waals surface area (Å²) in [7, 11) is 1.67. The van der Waals surface area contributed by atoms with E-state index in [4.69, 9.17) is 5.73 Å². The van der Waals surface area contributed by atoms with Crippen LogP contribution in [-0.2, 0) is 19.5 Å². The lowest BCUT2D eigenvalue weighted by atomic mass is 10.1. The molecule has 178 valence electrons. The van der Waals surface area contributed by atoms with E-state index in [1.54, 1.807) is 13.4 Å². The molecule has 0 atom stereocenters. The van der Waals surface area contributed by atoms with E-state index >= 15 is 0 Å². The van der Waals surface area contributed by atoms with Crippen LogP contribution < -0.4 is 16.0 Å². The first-order chi connectivity index (χ1) is 17.0. The molecule has 0 radical (unpaired) electrons. The Morgan fingerprint density at radius 3 is 2.51 bits per heavy atom. The van der Waals surface area contributed by atoms with Crippen molar-refractivity contribution >= 4 is 30.5 Å². The van der Waals surface area contributed by atoms with Crippen LogP contribution >= 0.6 is 0 Å². The molecule has 1 aliphatic heterocycles. The third-order valence-electron chi connectivity index (χ3n) is 5.66. The molecule has 3 N–H and O–H groups in total. The molecular weight excluding hydrogens is 440 g/mol.